The van der Waals surface area contributed by atoms with Crippen LogP contribution in [0, 0.1) is 0 Å². The van der Waals surface area contributed by atoms with Gasteiger partial charge in [-0.2, -0.15) is 5.10 Å². The summed E-state index contributed by atoms with van der Waals surface area (Å²) in [5, 5.41) is 7.50. The zero-order valence-corrected chi connectivity index (χ0v) is 12.9. The molecule has 1 aromatic carbocycles. The maximum absolute atomic E-state index is 4.37. The highest BCUT2D eigenvalue weighted by Gasteiger charge is 2.17. The standard InChI is InChI=1S/C14H19BrN4/c1-3-19-14(17-10-18-19)8-11(9-16-2)12-6-4-5-7-13(12)15/h4-7,10-11,16H,3,8-9H2,1-2H3. The highest BCUT2D eigenvalue weighted by Crippen LogP contribution is 2.26. The topological polar surface area (TPSA) is 42.7 Å². The maximum Gasteiger partial charge on any atom is 0.138 e. The average Bonchev–Trinajstić information content (AvgIpc) is 2.86. The molecule has 19 heavy (non-hydrogen) atoms. The predicted octanol–water partition coefficient (Wildman–Crippen LogP) is 2.61. The van der Waals surface area contributed by atoms with Crippen molar-refractivity contribution in [2.24, 2.45) is 0 Å². The van der Waals surface area contributed by atoms with E-state index in [0.717, 1.165) is 29.8 Å². The Balaban J connectivity index is 2.24. The van der Waals surface area contributed by atoms with E-state index in [1.165, 1.54) is 5.56 Å². The molecule has 0 radical (unpaired) electrons. The summed E-state index contributed by atoms with van der Waals surface area (Å²) in [6.07, 6.45) is 2.52. The van der Waals surface area contributed by atoms with Gasteiger partial charge in [0.05, 0.1) is 0 Å². The minimum Gasteiger partial charge on any atom is -0.319 e. The third-order valence-electron chi connectivity index (χ3n) is 3.22. The second-order valence-corrected chi connectivity index (χ2v) is 5.33. The second kappa shape index (κ2) is 6.82. The molecule has 0 aliphatic heterocycles. The first-order valence-corrected chi connectivity index (χ1v) is 7.31. The molecule has 2 rings (SSSR count). The van der Waals surface area contributed by atoms with Crippen LogP contribution in [0.4, 0.5) is 0 Å². The van der Waals surface area contributed by atoms with E-state index in [0.29, 0.717) is 5.92 Å². The van der Waals surface area contributed by atoms with Crippen LogP contribution >= 0.6 is 15.9 Å². The van der Waals surface area contributed by atoms with Crippen molar-refractivity contribution < 1.29 is 0 Å². The Morgan fingerprint density at radius 3 is 2.84 bits per heavy atom. The molecule has 0 fully saturated rings. The average molecular weight is 323 g/mol. The van der Waals surface area contributed by atoms with Gasteiger partial charge < -0.3 is 5.32 Å². The van der Waals surface area contributed by atoms with Crippen molar-refractivity contribution in [3.63, 3.8) is 0 Å². The molecule has 0 aliphatic rings. The third-order valence-corrected chi connectivity index (χ3v) is 3.94. The van der Waals surface area contributed by atoms with Gasteiger partial charge in [0.2, 0.25) is 0 Å². The van der Waals surface area contributed by atoms with Gasteiger partial charge in [0.25, 0.3) is 0 Å². The number of aryl methyl sites for hydroxylation is 1. The third kappa shape index (κ3) is 3.42. The molecule has 5 heteroatoms. The molecule has 0 amide bonds. The predicted molar refractivity (Wildman–Crippen MR) is 80.2 cm³/mol. The van der Waals surface area contributed by atoms with Gasteiger partial charge in [-0.15, -0.1) is 0 Å². The highest BCUT2D eigenvalue weighted by atomic mass is 79.9. The number of likely N-dealkylation sites (N-methyl/N-ethyl adjacent to an activating group) is 1. The van der Waals surface area contributed by atoms with E-state index in [2.05, 4.69) is 56.5 Å². The molecule has 1 unspecified atom stereocenters. The van der Waals surface area contributed by atoms with Crippen molar-refractivity contribution in [1.29, 1.82) is 0 Å². The Labute approximate surface area is 122 Å². The summed E-state index contributed by atoms with van der Waals surface area (Å²) in [4.78, 5) is 4.37. The van der Waals surface area contributed by atoms with E-state index in [9.17, 15) is 0 Å². The van der Waals surface area contributed by atoms with Gasteiger partial charge in [0.15, 0.2) is 0 Å². The monoisotopic (exact) mass is 322 g/mol. The lowest BCUT2D eigenvalue weighted by atomic mass is 9.95. The molecular weight excluding hydrogens is 304 g/mol. The van der Waals surface area contributed by atoms with Gasteiger partial charge in [-0.25, -0.2) is 4.98 Å². The normalized spacial score (nSPS) is 12.6. The number of halogens is 1. The quantitative estimate of drug-likeness (QED) is 0.889. The van der Waals surface area contributed by atoms with E-state index < -0.39 is 0 Å². The summed E-state index contributed by atoms with van der Waals surface area (Å²) < 4.78 is 3.11. The van der Waals surface area contributed by atoms with E-state index in [4.69, 9.17) is 0 Å². The van der Waals surface area contributed by atoms with Gasteiger partial charge in [-0.1, -0.05) is 34.1 Å². The van der Waals surface area contributed by atoms with Crippen LogP contribution < -0.4 is 5.32 Å². The zero-order chi connectivity index (χ0) is 13.7. The van der Waals surface area contributed by atoms with Gasteiger partial charge in [0, 0.05) is 29.9 Å². The maximum atomic E-state index is 4.37. The van der Waals surface area contributed by atoms with Gasteiger partial charge in [0.1, 0.15) is 12.2 Å². The summed E-state index contributed by atoms with van der Waals surface area (Å²) in [7, 11) is 1.98. The van der Waals surface area contributed by atoms with Crippen molar-refractivity contribution in [2.75, 3.05) is 13.6 Å². The summed E-state index contributed by atoms with van der Waals surface area (Å²) in [5.74, 6) is 1.42. The first-order chi connectivity index (χ1) is 9.26. The minimum atomic E-state index is 0.384. The number of hydrogen-bond donors (Lipinski definition) is 1. The number of nitrogens with zero attached hydrogens (tertiary/aromatic N) is 3. The molecule has 0 saturated heterocycles. The van der Waals surface area contributed by atoms with Crippen molar-refractivity contribution in [1.82, 2.24) is 20.1 Å². The molecule has 0 saturated carbocycles. The molecule has 1 atom stereocenters. The molecule has 102 valence electrons. The molecule has 4 nitrogen and oxygen atoms in total. The number of rotatable bonds is 6. The Hall–Kier alpha value is -1.20. The molecule has 1 aromatic heterocycles. The Bertz CT molecular complexity index is 524. The van der Waals surface area contributed by atoms with Gasteiger partial charge >= 0.3 is 0 Å². The number of hydrogen-bond acceptors (Lipinski definition) is 3. The van der Waals surface area contributed by atoms with Crippen LogP contribution in [0.1, 0.15) is 24.2 Å². The molecule has 0 aliphatic carbocycles. The first-order valence-electron chi connectivity index (χ1n) is 6.52. The van der Waals surface area contributed by atoms with Gasteiger partial charge in [-0.05, 0) is 25.6 Å². The Kier molecular flexibility index (Phi) is 5.10. The smallest absolute Gasteiger partial charge is 0.138 e. The summed E-state index contributed by atoms with van der Waals surface area (Å²) in [6.45, 7) is 3.86. The molecular formula is C14H19BrN4. The molecule has 0 spiro atoms. The lowest BCUT2D eigenvalue weighted by Gasteiger charge is -2.18. The first kappa shape index (κ1) is 14.2. The van der Waals surface area contributed by atoms with Crippen molar-refractivity contribution in [2.45, 2.75) is 25.8 Å². The number of benzene rings is 1. The summed E-state index contributed by atoms with van der Waals surface area (Å²) in [6, 6.07) is 8.37. The van der Waals surface area contributed by atoms with Crippen molar-refractivity contribution >= 4 is 15.9 Å². The highest BCUT2D eigenvalue weighted by molar-refractivity contribution is 9.10. The lowest BCUT2D eigenvalue weighted by molar-refractivity contribution is 0.555. The Morgan fingerprint density at radius 2 is 2.16 bits per heavy atom. The largest absolute Gasteiger partial charge is 0.319 e. The molecule has 0 bridgehead atoms. The van der Waals surface area contributed by atoms with E-state index in [1.54, 1.807) is 6.33 Å². The van der Waals surface area contributed by atoms with E-state index >= 15 is 0 Å². The van der Waals surface area contributed by atoms with E-state index in [-0.39, 0.29) is 0 Å². The minimum absolute atomic E-state index is 0.384. The van der Waals surface area contributed by atoms with Gasteiger partial charge in [-0.3, -0.25) is 4.68 Å². The number of nitrogens with one attached hydrogen (secondary N) is 1. The molecule has 1 heterocycles. The fourth-order valence-corrected chi connectivity index (χ4v) is 2.88. The van der Waals surface area contributed by atoms with Crippen LogP contribution in [0.2, 0.25) is 0 Å². The van der Waals surface area contributed by atoms with Crippen molar-refractivity contribution in [3.8, 4) is 0 Å². The Morgan fingerprint density at radius 1 is 1.37 bits per heavy atom. The number of aromatic nitrogens is 3. The van der Waals surface area contributed by atoms with Crippen LogP contribution in [0.5, 0.6) is 0 Å². The second-order valence-electron chi connectivity index (χ2n) is 4.47. The van der Waals surface area contributed by atoms with E-state index in [1.807, 2.05) is 17.8 Å². The summed E-state index contributed by atoms with van der Waals surface area (Å²) >= 11 is 3.64. The van der Waals surface area contributed by atoms with Crippen LogP contribution in [0.3, 0.4) is 0 Å². The zero-order valence-electron chi connectivity index (χ0n) is 11.3. The van der Waals surface area contributed by atoms with Crippen molar-refractivity contribution in [3.05, 3.63) is 46.5 Å². The molecule has 1 N–H and O–H groups in total. The SMILES string of the molecule is CCn1ncnc1CC(CNC)c1ccccc1Br. The van der Waals surface area contributed by atoms with Crippen LogP contribution in [0.25, 0.3) is 0 Å². The van der Waals surface area contributed by atoms with Crippen LogP contribution in [-0.2, 0) is 13.0 Å². The summed E-state index contributed by atoms with van der Waals surface area (Å²) in [5.41, 5.74) is 1.31. The fourth-order valence-electron chi connectivity index (χ4n) is 2.28. The molecule has 2 aromatic rings. The van der Waals surface area contributed by atoms with Crippen LogP contribution in [0.15, 0.2) is 35.1 Å². The fraction of sp³-hybridized carbons (Fsp3) is 0.429. The lowest BCUT2D eigenvalue weighted by Crippen LogP contribution is -2.21. The van der Waals surface area contributed by atoms with Crippen LogP contribution in [-0.4, -0.2) is 28.4 Å².